The molecule has 0 aliphatic carbocycles. The monoisotopic (exact) mass is 352 g/mol. The standard InChI is InChI=1S/C18H29BrN2/c1-4-16-8-6-5-7-11-21(16)17-10-9-15(18(19)12-17)13-20-14(2)3/h9-10,12,14,16,20H,4-8,11,13H2,1-3H3. The van der Waals surface area contributed by atoms with Crippen molar-refractivity contribution in [2.75, 3.05) is 11.4 Å². The summed E-state index contributed by atoms with van der Waals surface area (Å²) in [4.78, 5) is 2.62. The summed E-state index contributed by atoms with van der Waals surface area (Å²) in [5.74, 6) is 0. The number of halogens is 1. The molecular formula is C18H29BrN2. The van der Waals surface area contributed by atoms with E-state index < -0.39 is 0 Å². The fraction of sp³-hybridized carbons (Fsp3) is 0.667. The van der Waals surface area contributed by atoms with E-state index in [0.29, 0.717) is 12.1 Å². The molecule has 2 rings (SSSR count). The minimum absolute atomic E-state index is 0.520. The zero-order valence-electron chi connectivity index (χ0n) is 13.7. The Kier molecular flexibility index (Phi) is 6.56. The Labute approximate surface area is 138 Å². The number of benzene rings is 1. The quantitative estimate of drug-likeness (QED) is 0.792. The van der Waals surface area contributed by atoms with Crippen molar-refractivity contribution in [1.29, 1.82) is 0 Å². The van der Waals surface area contributed by atoms with Crippen molar-refractivity contribution < 1.29 is 0 Å². The Balaban J connectivity index is 2.13. The Bertz CT molecular complexity index is 445. The van der Waals surface area contributed by atoms with Crippen LogP contribution in [0.1, 0.15) is 58.4 Å². The number of hydrogen-bond acceptors (Lipinski definition) is 2. The van der Waals surface area contributed by atoms with Gasteiger partial charge in [-0.25, -0.2) is 0 Å². The molecule has 0 radical (unpaired) electrons. The summed E-state index contributed by atoms with van der Waals surface area (Å²) in [6.07, 6.45) is 6.67. The summed E-state index contributed by atoms with van der Waals surface area (Å²) < 4.78 is 1.23. The van der Waals surface area contributed by atoms with Gasteiger partial charge in [-0.05, 0) is 37.0 Å². The zero-order chi connectivity index (χ0) is 15.2. The molecule has 1 fully saturated rings. The first-order valence-electron chi connectivity index (χ1n) is 8.40. The smallest absolute Gasteiger partial charge is 0.0380 e. The largest absolute Gasteiger partial charge is 0.369 e. The highest BCUT2D eigenvalue weighted by Crippen LogP contribution is 2.29. The van der Waals surface area contributed by atoms with E-state index >= 15 is 0 Å². The van der Waals surface area contributed by atoms with Crippen LogP contribution in [0.2, 0.25) is 0 Å². The van der Waals surface area contributed by atoms with Crippen molar-refractivity contribution in [3.8, 4) is 0 Å². The molecule has 0 bridgehead atoms. The third kappa shape index (κ3) is 4.72. The van der Waals surface area contributed by atoms with Crippen LogP contribution in [0.4, 0.5) is 5.69 Å². The van der Waals surface area contributed by atoms with Gasteiger partial charge in [0.2, 0.25) is 0 Å². The third-order valence-electron chi connectivity index (χ3n) is 4.42. The van der Waals surface area contributed by atoms with Gasteiger partial charge < -0.3 is 10.2 Å². The van der Waals surface area contributed by atoms with Crippen LogP contribution in [0, 0.1) is 0 Å². The van der Waals surface area contributed by atoms with Gasteiger partial charge in [-0.3, -0.25) is 0 Å². The molecule has 1 N–H and O–H groups in total. The summed E-state index contributed by atoms with van der Waals surface area (Å²) in [6, 6.07) is 8.11. The van der Waals surface area contributed by atoms with Gasteiger partial charge in [0.15, 0.2) is 0 Å². The van der Waals surface area contributed by atoms with Gasteiger partial charge in [-0.1, -0.05) is 55.6 Å². The maximum atomic E-state index is 3.76. The Morgan fingerprint density at radius 3 is 2.76 bits per heavy atom. The van der Waals surface area contributed by atoms with Crippen molar-refractivity contribution in [2.24, 2.45) is 0 Å². The van der Waals surface area contributed by atoms with Crippen LogP contribution in [-0.2, 0) is 6.54 Å². The van der Waals surface area contributed by atoms with E-state index in [9.17, 15) is 0 Å². The number of hydrogen-bond donors (Lipinski definition) is 1. The Morgan fingerprint density at radius 2 is 2.10 bits per heavy atom. The molecule has 0 saturated carbocycles. The first-order chi connectivity index (χ1) is 10.1. The summed E-state index contributed by atoms with van der Waals surface area (Å²) in [5, 5.41) is 3.49. The molecule has 1 aliphatic heterocycles. The van der Waals surface area contributed by atoms with Crippen LogP contribution in [0.5, 0.6) is 0 Å². The van der Waals surface area contributed by atoms with Crippen LogP contribution in [0.25, 0.3) is 0 Å². The van der Waals surface area contributed by atoms with Crippen LogP contribution in [-0.4, -0.2) is 18.6 Å². The lowest BCUT2D eigenvalue weighted by Crippen LogP contribution is -2.34. The molecule has 1 heterocycles. The van der Waals surface area contributed by atoms with E-state index in [1.54, 1.807) is 0 Å². The number of nitrogens with one attached hydrogen (secondary N) is 1. The molecule has 1 unspecified atom stereocenters. The molecule has 1 saturated heterocycles. The molecule has 0 amide bonds. The van der Waals surface area contributed by atoms with E-state index in [-0.39, 0.29) is 0 Å². The van der Waals surface area contributed by atoms with Crippen molar-refractivity contribution in [3.05, 3.63) is 28.2 Å². The van der Waals surface area contributed by atoms with Gasteiger partial charge in [0.05, 0.1) is 0 Å². The fourth-order valence-electron chi connectivity index (χ4n) is 3.11. The lowest BCUT2D eigenvalue weighted by molar-refractivity contribution is 0.556. The number of nitrogens with zero attached hydrogens (tertiary/aromatic N) is 1. The van der Waals surface area contributed by atoms with Crippen LogP contribution < -0.4 is 10.2 Å². The van der Waals surface area contributed by atoms with E-state index in [4.69, 9.17) is 0 Å². The third-order valence-corrected chi connectivity index (χ3v) is 5.16. The predicted molar refractivity (Wildman–Crippen MR) is 96.0 cm³/mol. The predicted octanol–water partition coefficient (Wildman–Crippen LogP) is 5.11. The minimum Gasteiger partial charge on any atom is -0.369 e. The zero-order valence-corrected chi connectivity index (χ0v) is 15.2. The maximum Gasteiger partial charge on any atom is 0.0380 e. The molecule has 1 atom stereocenters. The Morgan fingerprint density at radius 1 is 1.29 bits per heavy atom. The van der Waals surface area contributed by atoms with Gasteiger partial charge in [0.1, 0.15) is 0 Å². The Hall–Kier alpha value is -0.540. The lowest BCUT2D eigenvalue weighted by atomic mass is 10.1. The number of rotatable bonds is 5. The van der Waals surface area contributed by atoms with Crippen molar-refractivity contribution in [1.82, 2.24) is 5.32 Å². The van der Waals surface area contributed by atoms with E-state index in [1.165, 1.54) is 54.4 Å². The first-order valence-corrected chi connectivity index (χ1v) is 9.19. The molecular weight excluding hydrogens is 324 g/mol. The van der Waals surface area contributed by atoms with Gasteiger partial charge in [0.25, 0.3) is 0 Å². The lowest BCUT2D eigenvalue weighted by Gasteiger charge is -2.32. The summed E-state index contributed by atoms with van der Waals surface area (Å²) in [7, 11) is 0. The average Bonchev–Trinajstić information content (AvgIpc) is 2.70. The second-order valence-corrected chi connectivity index (χ2v) is 7.27. The van der Waals surface area contributed by atoms with Gasteiger partial charge in [0, 0.05) is 35.3 Å². The van der Waals surface area contributed by atoms with Crippen molar-refractivity contribution in [2.45, 2.75) is 71.5 Å². The molecule has 1 aliphatic rings. The topological polar surface area (TPSA) is 15.3 Å². The van der Waals surface area contributed by atoms with Gasteiger partial charge in [-0.2, -0.15) is 0 Å². The van der Waals surface area contributed by atoms with Crippen molar-refractivity contribution >= 4 is 21.6 Å². The van der Waals surface area contributed by atoms with Crippen LogP contribution in [0.3, 0.4) is 0 Å². The summed E-state index contributed by atoms with van der Waals surface area (Å²) in [6.45, 7) is 8.82. The number of anilines is 1. The molecule has 2 nitrogen and oxygen atoms in total. The molecule has 0 spiro atoms. The average molecular weight is 353 g/mol. The summed E-state index contributed by atoms with van der Waals surface area (Å²) >= 11 is 3.76. The molecule has 21 heavy (non-hydrogen) atoms. The molecule has 3 heteroatoms. The highest BCUT2D eigenvalue weighted by Gasteiger charge is 2.20. The van der Waals surface area contributed by atoms with Gasteiger partial charge >= 0.3 is 0 Å². The molecule has 0 aromatic heterocycles. The SMILES string of the molecule is CCC1CCCCCN1c1ccc(CNC(C)C)c(Br)c1. The van der Waals surface area contributed by atoms with Crippen molar-refractivity contribution in [3.63, 3.8) is 0 Å². The summed E-state index contributed by atoms with van der Waals surface area (Å²) in [5.41, 5.74) is 2.72. The maximum absolute atomic E-state index is 3.76. The van der Waals surface area contributed by atoms with Gasteiger partial charge in [-0.15, -0.1) is 0 Å². The van der Waals surface area contributed by atoms with E-state index in [0.717, 1.165) is 6.54 Å². The van der Waals surface area contributed by atoms with E-state index in [2.05, 4.69) is 65.1 Å². The van der Waals surface area contributed by atoms with Crippen LogP contribution >= 0.6 is 15.9 Å². The minimum atomic E-state index is 0.520. The second-order valence-electron chi connectivity index (χ2n) is 6.42. The molecule has 1 aromatic rings. The first kappa shape index (κ1) is 16.8. The second kappa shape index (κ2) is 8.19. The fourth-order valence-corrected chi connectivity index (χ4v) is 3.62. The molecule has 118 valence electrons. The normalized spacial score (nSPS) is 19.9. The molecule has 1 aromatic carbocycles. The highest BCUT2D eigenvalue weighted by molar-refractivity contribution is 9.10. The van der Waals surface area contributed by atoms with E-state index in [1.807, 2.05) is 0 Å². The highest BCUT2D eigenvalue weighted by atomic mass is 79.9. The van der Waals surface area contributed by atoms with Crippen LogP contribution in [0.15, 0.2) is 22.7 Å².